The minimum atomic E-state index is -0.213. The van der Waals surface area contributed by atoms with Crippen molar-refractivity contribution >= 4 is 66.8 Å². The maximum Gasteiger partial charge on any atom is 0.238 e. The zero-order valence-electron chi connectivity index (χ0n) is 12.8. The Morgan fingerprint density at radius 2 is 2.04 bits per heavy atom. The lowest BCUT2D eigenvalue weighted by Crippen LogP contribution is -2.28. The van der Waals surface area contributed by atoms with Gasteiger partial charge < -0.3 is 4.74 Å². The van der Waals surface area contributed by atoms with Gasteiger partial charge in [0.05, 0.1) is 10.2 Å². The van der Waals surface area contributed by atoms with Crippen molar-refractivity contribution in [2.24, 2.45) is 0 Å². The lowest BCUT2D eigenvalue weighted by molar-refractivity contribution is -0.115. The van der Waals surface area contributed by atoms with Crippen LogP contribution in [0.5, 0.6) is 5.75 Å². The first-order valence-corrected chi connectivity index (χ1v) is 10.3. The van der Waals surface area contributed by atoms with Crippen LogP contribution in [0.4, 0.5) is 5.69 Å². The molecule has 1 saturated heterocycles. The first-order valence-electron chi connectivity index (χ1n) is 7.25. The van der Waals surface area contributed by atoms with Crippen LogP contribution in [0.2, 0.25) is 5.02 Å². The molecule has 0 aliphatic carbocycles. The molecule has 0 spiro atoms. The van der Waals surface area contributed by atoms with Crippen LogP contribution in [0.15, 0.2) is 45.3 Å². The van der Waals surface area contributed by atoms with E-state index in [2.05, 4.69) is 37.8 Å². The summed E-state index contributed by atoms with van der Waals surface area (Å²) in [4.78, 5) is 14.3. The highest BCUT2D eigenvalue weighted by atomic mass is 79.9. The standard InChI is InChI=1S/C18H12Br2ClNO2S/c1-2-7-24-17-14(8-11(19)9-15(17)20)18-22(16(23)10-25-18)13-5-3-12(21)4-6-13/h1,3-6,8-9,18H,7,10H2/t18-/m0/s1. The molecule has 2 aromatic rings. The van der Waals surface area contributed by atoms with Gasteiger partial charge in [0.1, 0.15) is 17.7 Å². The highest BCUT2D eigenvalue weighted by Crippen LogP contribution is 2.47. The van der Waals surface area contributed by atoms with Gasteiger partial charge in [-0.05, 0) is 52.3 Å². The number of nitrogens with zero attached hydrogens (tertiary/aromatic N) is 1. The number of rotatable bonds is 4. The molecular formula is C18H12Br2ClNO2S. The molecule has 0 radical (unpaired) electrons. The highest BCUT2D eigenvalue weighted by molar-refractivity contribution is 9.11. The molecule has 2 aromatic carbocycles. The summed E-state index contributed by atoms with van der Waals surface area (Å²) in [6, 6.07) is 11.1. The van der Waals surface area contributed by atoms with Crippen LogP contribution in [0.1, 0.15) is 10.9 Å². The molecule has 25 heavy (non-hydrogen) atoms. The monoisotopic (exact) mass is 499 g/mol. The van der Waals surface area contributed by atoms with Gasteiger partial charge in [-0.15, -0.1) is 18.2 Å². The van der Waals surface area contributed by atoms with Gasteiger partial charge in [-0.25, -0.2) is 0 Å². The molecule has 0 N–H and O–H groups in total. The summed E-state index contributed by atoms with van der Waals surface area (Å²) in [5.41, 5.74) is 1.67. The van der Waals surface area contributed by atoms with Gasteiger partial charge in [0, 0.05) is 20.7 Å². The van der Waals surface area contributed by atoms with Crippen LogP contribution in [-0.2, 0) is 4.79 Å². The molecule has 1 aliphatic heterocycles. The van der Waals surface area contributed by atoms with Crippen molar-refractivity contribution in [3.8, 4) is 18.1 Å². The molecule has 1 heterocycles. The fourth-order valence-electron chi connectivity index (χ4n) is 2.56. The Kier molecular flexibility index (Phi) is 6.00. The maximum absolute atomic E-state index is 12.5. The molecule has 3 rings (SSSR count). The smallest absolute Gasteiger partial charge is 0.238 e. The van der Waals surface area contributed by atoms with Crippen molar-refractivity contribution in [3.63, 3.8) is 0 Å². The van der Waals surface area contributed by atoms with Gasteiger partial charge in [0.2, 0.25) is 5.91 Å². The zero-order chi connectivity index (χ0) is 18.0. The summed E-state index contributed by atoms with van der Waals surface area (Å²) in [7, 11) is 0. The van der Waals surface area contributed by atoms with E-state index in [0.29, 0.717) is 16.5 Å². The van der Waals surface area contributed by atoms with Crippen molar-refractivity contribution < 1.29 is 9.53 Å². The maximum atomic E-state index is 12.5. The lowest BCUT2D eigenvalue weighted by Gasteiger charge is -2.26. The van der Waals surface area contributed by atoms with Crippen LogP contribution in [-0.4, -0.2) is 18.3 Å². The second-order valence-electron chi connectivity index (χ2n) is 5.20. The van der Waals surface area contributed by atoms with E-state index in [1.807, 2.05) is 24.3 Å². The Hall–Kier alpha value is -1.13. The van der Waals surface area contributed by atoms with Crippen LogP contribution >= 0.6 is 55.2 Å². The number of hydrogen-bond acceptors (Lipinski definition) is 3. The average Bonchev–Trinajstić information content (AvgIpc) is 2.96. The summed E-state index contributed by atoms with van der Waals surface area (Å²) in [5, 5.41) is 0.415. The first kappa shape index (κ1) is 18.7. The fraction of sp³-hybridized carbons (Fsp3) is 0.167. The summed E-state index contributed by atoms with van der Waals surface area (Å²) in [6.45, 7) is 0.152. The number of amides is 1. The second kappa shape index (κ2) is 8.05. The molecule has 1 fully saturated rings. The minimum Gasteiger partial charge on any atom is -0.479 e. The molecule has 3 nitrogen and oxygen atoms in total. The number of hydrogen-bond donors (Lipinski definition) is 0. The van der Waals surface area contributed by atoms with Crippen molar-refractivity contribution in [2.75, 3.05) is 17.3 Å². The number of benzene rings is 2. The summed E-state index contributed by atoms with van der Waals surface area (Å²) >= 11 is 14.5. The predicted molar refractivity (Wildman–Crippen MR) is 110 cm³/mol. The van der Waals surface area contributed by atoms with Crippen LogP contribution < -0.4 is 9.64 Å². The molecule has 0 bridgehead atoms. The number of anilines is 1. The van der Waals surface area contributed by atoms with Gasteiger partial charge in [0.15, 0.2) is 0 Å². The van der Waals surface area contributed by atoms with E-state index in [4.69, 9.17) is 22.8 Å². The third-order valence-electron chi connectivity index (χ3n) is 3.58. The Morgan fingerprint density at radius 3 is 2.72 bits per heavy atom. The number of ether oxygens (including phenoxy) is 1. The molecule has 7 heteroatoms. The zero-order valence-corrected chi connectivity index (χ0v) is 17.6. The third-order valence-corrected chi connectivity index (χ3v) is 6.07. The first-order chi connectivity index (χ1) is 12.0. The van der Waals surface area contributed by atoms with Crippen molar-refractivity contribution in [3.05, 3.63) is 55.9 Å². The molecule has 128 valence electrons. The molecule has 1 aliphatic rings. The van der Waals surface area contributed by atoms with E-state index < -0.39 is 0 Å². The Bertz CT molecular complexity index is 851. The number of terminal acetylenes is 1. The van der Waals surface area contributed by atoms with E-state index in [-0.39, 0.29) is 17.9 Å². The van der Waals surface area contributed by atoms with Gasteiger partial charge >= 0.3 is 0 Å². The average molecular weight is 502 g/mol. The Labute approximate surface area is 172 Å². The van der Waals surface area contributed by atoms with Crippen molar-refractivity contribution in [1.82, 2.24) is 0 Å². The quantitative estimate of drug-likeness (QED) is 0.507. The molecule has 1 atom stereocenters. The molecular weight excluding hydrogens is 490 g/mol. The van der Waals surface area contributed by atoms with Crippen LogP contribution in [0, 0.1) is 12.3 Å². The Morgan fingerprint density at radius 1 is 1.32 bits per heavy atom. The number of carbonyl (C=O) groups excluding carboxylic acids is 1. The molecule has 1 amide bonds. The Balaban J connectivity index is 2.06. The minimum absolute atomic E-state index is 0.0383. The van der Waals surface area contributed by atoms with Gasteiger partial charge in [-0.1, -0.05) is 33.5 Å². The summed E-state index contributed by atoms with van der Waals surface area (Å²) in [5.74, 6) is 3.56. The fourth-order valence-corrected chi connectivity index (χ4v) is 5.25. The van der Waals surface area contributed by atoms with Crippen LogP contribution in [0.3, 0.4) is 0 Å². The second-order valence-corrected chi connectivity index (χ2v) is 8.48. The van der Waals surface area contributed by atoms with E-state index in [1.54, 1.807) is 28.8 Å². The van der Waals surface area contributed by atoms with Gasteiger partial charge in [-0.3, -0.25) is 9.69 Å². The normalized spacial score (nSPS) is 16.8. The van der Waals surface area contributed by atoms with Gasteiger partial charge in [0.25, 0.3) is 0 Å². The van der Waals surface area contributed by atoms with E-state index >= 15 is 0 Å². The number of thioether (sulfide) groups is 1. The third kappa shape index (κ3) is 4.01. The lowest BCUT2D eigenvalue weighted by atomic mass is 10.1. The predicted octanol–water partition coefficient (Wildman–Crippen LogP) is 5.66. The van der Waals surface area contributed by atoms with Gasteiger partial charge in [-0.2, -0.15) is 0 Å². The SMILES string of the molecule is C#CCOc1c(Br)cc(Br)cc1[C@@H]1SCC(=O)N1c1ccc(Cl)cc1. The molecule has 0 unspecified atom stereocenters. The van der Waals surface area contributed by atoms with Crippen LogP contribution in [0.25, 0.3) is 0 Å². The number of halogens is 3. The molecule has 0 saturated carbocycles. The largest absolute Gasteiger partial charge is 0.479 e. The highest BCUT2D eigenvalue weighted by Gasteiger charge is 2.36. The van der Waals surface area contributed by atoms with Crippen molar-refractivity contribution in [1.29, 1.82) is 0 Å². The van der Waals surface area contributed by atoms with Crippen molar-refractivity contribution in [2.45, 2.75) is 5.37 Å². The van der Waals surface area contributed by atoms with E-state index in [9.17, 15) is 4.79 Å². The van der Waals surface area contributed by atoms with E-state index in [0.717, 1.165) is 20.2 Å². The summed E-state index contributed by atoms with van der Waals surface area (Å²) < 4.78 is 7.41. The summed E-state index contributed by atoms with van der Waals surface area (Å²) in [6.07, 6.45) is 5.33. The number of carbonyl (C=O) groups is 1. The topological polar surface area (TPSA) is 29.5 Å². The van der Waals surface area contributed by atoms with E-state index in [1.165, 1.54) is 0 Å². The molecule has 0 aromatic heterocycles.